The molecule has 0 spiro atoms. The van der Waals surface area contributed by atoms with Crippen molar-refractivity contribution in [2.75, 3.05) is 17.7 Å². The van der Waals surface area contributed by atoms with Gasteiger partial charge in [-0.2, -0.15) is 18.2 Å². The Labute approximate surface area is 119 Å². The zero-order chi connectivity index (χ0) is 15.5. The Bertz CT molecular complexity index is 584. The normalized spacial score (nSPS) is 13.0. The molecule has 0 aliphatic carbocycles. The molecule has 0 aliphatic heterocycles. The van der Waals surface area contributed by atoms with Crippen LogP contribution in [0.15, 0.2) is 28.9 Å². The van der Waals surface area contributed by atoms with Crippen LogP contribution in [0.2, 0.25) is 0 Å². The Morgan fingerprint density at radius 2 is 2.10 bits per heavy atom. The van der Waals surface area contributed by atoms with Gasteiger partial charge in [0.2, 0.25) is 5.95 Å². The first-order chi connectivity index (χ1) is 9.88. The fraction of sp³-hybridized carbons (Fsp3) is 0.385. The molecule has 2 aromatic rings. The van der Waals surface area contributed by atoms with Crippen LogP contribution in [0.5, 0.6) is 0 Å². The second-order valence-corrected chi connectivity index (χ2v) is 4.54. The van der Waals surface area contributed by atoms with Crippen LogP contribution < -0.4 is 10.6 Å². The smallest absolute Gasteiger partial charge is 0.433 e. The first kappa shape index (κ1) is 15.1. The number of anilines is 2. The van der Waals surface area contributed by atoms with E-state index < -0.39 is 11.9 Å². The van der Waals surface area contributed by atoms with Gasteiger partial charge in [0.15, 0.2) is 5.69 Å². The van der Waals surface area contributed by atoms with E-state index in [0.717, 1.165) is 11.8 Å². The summed E-state index contributed by atoms with van der Waals surface area (Å²) in [5.74, 6) is 0.771. The average molecular weight is 300 g/mol. The number of alkyl halides is 3. The number of hydrogen-bond donors (Lipinski definition) is 2. The molecule has 1 atom stereocenters. The van der Waals surface area contributed by atoms with E-state index in [9.17, 15) is 13.2 Å². The summed E-state index contributed by atoms with van der Waals surface area (Å²) < 4.78 is 43.5. The fourth-order valence-electron chi connectivity index (χ4n) is 1.81. The SMILES string of the molecule is CNc1nc(NC(C)Cc2ccco2)cc(C(F)(F)F)n1. The molecule has 2 rings (SSSR count). The third kappa shape index (κ3) is 4.11. The number of nitrogens with zero attached hydrogens (tertiary/aromatic N) is 2. The van der Waals surface area contributed by atoms with E-state index in [-0.39, 0.29) is 17.8 Å². The summed E-state index contributed by atoms with van der Waals surface area (Å²) in [6.07, 6.45) is -2.43. The lowest BCUT2D eigenvalue weighted by atomic mass is 10.2. The van der Waals surface area contributed by atoms with Crippen LogP contribution in [0, 0.1) is 0 Å². The molecule has 114 valence electrons. The summed E-state index contributed by atoms with van der Waals surface area (Å²) in [4.78, 5) is 7.37. The molecule has 0 amide bonds. The molecule has 0 fully saturated rings. The van der Waals surface area contributed by atoms with Crippen molar-refractivity contribution in [3.8, 4) is 0 Å². The number of furan rings is 1. The monoisotopic (exact) mass is 300 g/mol. The highest BCUT2D eigenvalue weighted by Gasteiger charge is 2.33. The number of aromatic nitrogens is 2. The van der Waals surface area contributed by atoms with Gasteiger partial charge >= 0.3 is 6.18 Å². The van der Waals surface area contributed by atoms with Crippen molar-refractivity contribution < 1.29 is 17.6 Å². The van der Waals surface area contributed by atoms with Crippen molar-refractivity contribution in [3.05, 3.63) is 35.9 Å². The Morgan fingerprint density at radius 3 is 2.67 bits per heavy atom. The molecule has 0 radical (unpaired) electrons. The standard InChI is InChI=1S/C13H15F3N4O/c1-8(6-9-4-3-5-21-9)18-11-7-10(13(14,15)16)19-12(17-2)20-11/h3-5,7-8H,6H2,1-2H3,(H2,17,18,19,20). The third-order valence-electron chi connectivity index (χ3n) is 2.72. The van der Waals surface area contributed by atoms with Crippen LogP contribution in [-0.4, -0.2) is 23.1 Å². The van der Waals surface area contributed by atoms with Crippen LogP contribution in [0.3, 0.4) is 0 Å². The van der Waals surface area contributed by atoms with Gasteiger partial charge in [-0.3, -0.25) is 0 Å². The zero-order valence-electron chi connectivity index (χ0n) is 11.5. The first-order valence-corrected chi connectivity index (χ1v) is 6.31. The predicted octanol–water partition coefficient (Wildman–Crippen LogP) is 3.17. The Morgan fingerprint density at radius 1 is 1.33 bits per heavy atom. The molecule has 0 aromatic carbocycles. The van der Waals surface area contributed by atoms with Gasteiger partial charge in [0, 0.05) is 25.6 Å². The minimum absolute atomic E-state index is 0.0856. The van der Waals surface area contributed by atoms with Gasteiger partial charge in [0.05, 0.1) is 6.26 Å². The van der Waals surface area contributed by atoms with Gasteiger partial charge in [-0.05, 0) is 19.1 Å². The van der Waals surface area contributed by atoms with E-state index in [1.165, 1.54) is 7.05 Å². The molecule has 0 saturated carbocycles. The van der Waals surface area contributed by atoms with Crippen molar-refractivity contribution in [3.63, 3.8) is 0 Å². The predicted molar refractivity (Wildman–Crippen MR) is 72.1 cm³/mol. The number of hydrogen-bond acceptors (Lipinski definition) is 5. The van der Waals surface area contributed by atoms with Crippen molar-refractivity contribution in [2.24, 2.45) is 0 Å². The summed E-state index contributed by atoms with van der Waals surface area (Å²) in [6.45, 7) is 1.83. The molecular weight excluding hydrogens is 285 g/mol. The van der Waals surface area contributed by atoms with Gasteiger partial charge in [-0.15, -0.1) is 0 Å². The average Bonchev–Trinajstić information content (AvgIpc) is 2.89. The lowest BCUT2D eigenvalue weighted by Crippen LogP contribution is -2.20. The van der Waals surface area contributed by atoms with Gasteiger partial charge in [-0.25, -0.2) is 4.98 Å². The van der Waals surface area contributed by atoms with Gasteiger partial charge in [-0.1, -0.05) is 0 Å². The lowest BCUT2D eigenvalue weighted by Gasteiger charge is -2.15. The van der Waals surface area contributed by atoms with E-state index in [0.29, 0.717) is 6.42 Å². The van der Waals surface area contributed by atoms with Gasteiger partial charge in [0.25, 0.3) is 0 Å². The minimum atomic E-state index is -4.52. The van der Waals surface area contributed by atoms with Gasteiger partial charge in [0.1, 0.15) is 11.6 Å². The molecule has 8 heteroatoms. The van der Waals surface area contributed by atoms with E-state index >= 15 is 0 Å². The second-order valence-electron chi connectivity index (χ2n) is 4.54. The molecule has 1 unspecified atom stereocenters. The van der Waals surface area contributed by atoms with Crippen LogP contribution in [0.4, 0.5) is 24.9 Å². The first-order valence-electron chi connectivity index (χ1n) is 6.31. The van der Waals surface area contributed by atoms with Crippen molar-refractivity contribution in [1.82, 2.24) is 9.97 Å². The number of halogens is 3. The molecule has 0 aliphatic rings. The van der Waals surface area contributed by atoms with Crippen molar-refractivity contribution in [1.29, 1.82) is 0 Å². The molecule has 5 nitrogen and oxygen atoms in total. The van der Waals surface area contributed by atoms with Crippen LogP contribution in [-0.2, 0) is 12.6 Å². The van der Waals surface area contributed by atoms with Crippen LogP contribution >= 0.6 is 0 Å². The highest BCUT2D eigenvalue weighted by molar-refractivity contribution is 5.43. The van der Waals surface area contributed by atoms with Crippen molar-refractivity contribution >= 4 is 11.8 Å². The molecular formula is C13H15F3N4O. The Hall–Kier alpha value is -2.25. The molecule has 2 heterocycles. The topological polar surface area (TPSA) is 63.0 Å². The fourth-order valence-corrected chi connectivity index (χ4v) is 1.81. The van der Waals surface area contributed by atoms with Crippen LogP contribution in [0.25, 0.3) is 0 Å². The third-order valence-corrected chi connectivity index (χ3v) is 2.72. The van der Waals surface area contributed by atoms with Gasteiger partial charge < -0.3 is 15.1 Å². The van der Waals surface area contributed by atoms with Crippen molar-refractivity contribution in [2.45, 2.75) is 25.6 Å². The molecule has 0 saturated heterocycles. The highest BCUT2D eigenvalue weighted by Crippen LogP contribution is 2.29. The number of rotatable bonds is 5. The Balaban J connectivity index is 2.15. The number of nitrogens with one attached hydrogen (secondary N) is 2. The molecule has 2 N–H and O–H groups in total. The second kappa shape index (κ2) is 6.02. The lowest BCUT2D eigenvalue weighted by molar-refractivity contribution is -0.141. The maximum absolute atomic E-state index is 12.8. The summed E-state index contributed by atoms with van der Waals surface area (Å²) in [7, 11) is 1.46. The summed E-state index contributed by atoms with van der Waals surface area (Å²) in [6, 6.07) is 4.31. The highest BCUT2D eigenvalue weighted by atomic mass is 19.4. The van der Waals surface area contributed by atoms with E-state index in [1.54, 1.807) is 18.4 Å². The molecule has 0 bridgehead atoms. The molecule has 21 heavy (non-hydrogen) atoms. The van der Waals surface area contributed by atoms with E-state index in [4.69, 9.17) is 4.42 Å². The van der Waals surface area contributed by atoms with Crippen LogP contribution in [0.1, 0.15) is 18.4 Å². The Kier molecular flexibility index (Phi) is 4.35. The summed E-state index contributed by atoms with van der Waals surface area (Å²) in [5, 5.41) is 5.43. The maximum Gasteiger partial charge on any atom is 0.433 e. The van der Waals surface area contributed by atoms with E-state index in [2.05, 4.69) is 20.6 Å². The maximum atomic E-state index is 12.8. The summed E-state index contributed by atoms with van der Waals surface area (Å²) >= 11 is 0. The minimum Gasteiger partial charge on any atom is -0.469 e. The quantitative estimate of drug-likeness (QED) is 0.888. The zero-order valence-corrected chi connectivity index (χ0v) is 11.5. The molecule has 2 aromatic heterocycles. The van der Waals surface area contributed by atoms with E-state index in [1.807, 2.05) is 6.92 Å². The summed E-state index contributed by atoms with van der Waals surface area (Å²) in [5.41, 5.74) is -0.991. The largest absolute Gasteiger partial charge is 0.469 e.